The van der Waals surface area contributed by atoms with Crippen molar-refractivity contribution in [3.05, 3.63) is 53.4 Å². The first-order chi connectivity index (χ1) is 12.7. The van der Waals surface area contributed by atoms with Gasteiger partial charge >= 0.3 is 6.09 Å². The van der Waals surface area contributed by atoms with Crippen LogP contribution in [0.4, 0.5) is 4.79 Å². The van der Waals surface area contributed by atoms with Crippen LogP contribution < -0.4 is 9.89 Å². The van der Waals surface area contributed by atoms with Gasteiger partial charge in [0, 0.05) is 16.0 Å². The standard InChI is InChI=1S/C19H20BrClN2O2S2/c1-19(2,3)25-18(24)23(10-12-6-5-9-26-12)14-7-4-8-15(21)22-16-13(20)11-27-17(14)16/h5-6,8-9,11H,4,7,10H2,1-3H3/b15-8-,17-14-,22-16+. The Morgan fingerprint density at radius 1 is 1.41 bits per heavy atom. The molecular formula is C19H20BrClN2O2S2. The van der Waals surface area contributed by atoms with Crippen LogP contribution in [0.15, 0.2) is 43.6 Å². The van der Waals surface area contributed by atoms with Crippen molar-refractivity contribution in [1.82, 2.24) is 4.90 Å². The molecule has 0 aromatic carbocycles. The number of hydrogen-bond donors (Lipinski definition) is 0. The molecule has 2 aromatic heterocycles. The summed E-state index contributed by atoms with van der Waals surface area (Å²) in [5.41, 5.74) is 0.340. The molecule has 27 heavy (non-hydrogen) atoms. The molecule has 0 fully saturated rings. The van der Waals surface area contributed by atoms with Gasteiger partial charge in [0.25, 0.3) is 0 Å². The third-order valence-corrected chi connectivity index (χ3v) is 6.76. The molecule has 0 unspecified atom stereocenters. The minimum Gasteiger partial charge on any atom is -0.443 e. The molecular weight excluding hydrogens is 468 g/mol. The zero-order chi connectivity index (χ0) is 19.6. The molecule has 4 nitrogen and oxygen atoms in total. The second kappa shape index (κ2) is 8.47. The number of amides is 1. The molecule has 0 bridgehead atoms. The van der Waals surface area contributed by atoms with E-state index in [9.17, 15) is 4.79 Å². The van der Waals surface area contributed by atoms with Crippen molar-refractivity contribution in [2.75, 3.05) is 0 Å². The average molecular weight is 488 g/mol. The number of carbonyl (C=O) groups excluding carboxylic acids is 1. The van der Waals surface area contributed by atoms with Gasteiger partial charge in [-0.2, -0.15) is 0 Å². The summed E-state index contributed by atoms with van der Waals surface area (Å²) in [6, 6.07) is 4.01. The number of carbonyl (C=O) groups is 1. The fourth-order valence-corrected chi connectivity index (χ4v) is 5.17. The van der Waals surface area contributed by atoms with Gasteiger partial charge in [0.1, 0.15) is 10.8 Å². The summed E-state index contributed by atoms with van der Waals surface area (Å²) in [5, 5.41) is 5.21. The highest BCUT2D eigenvalue weighted by Gasteiger charge is 2.26. The van der Waals surface area contributed by atoms with Crippen LogP contribution in [0.25, 0.3) is 5.70 Å². The number of ether oxygens (including phenoxy) is 1. The molecule has 0 aliphatic carbocycles. The molecule has 3 rings (SSSR count). The molecule has 1 amide bonds. The summed E-state index contributed by atoms with van der Waals surface area (Å²) >= 11 is 12.9. The fraction of sp³-hybridized carbons (Fsp3) is 0.368. The summed E-state index contributed by atoms with van der Waals surface area (Å²) in [6.07, 6.45) is 2.91. The number of halogens is 2. The Morgan fingerprint density at radius 2 is 2.19 bits per heavy atom. The van der Waals surface area contributed by atoms with Crippen LogP contribution in [-0.2, 0) is 11.3 Å². The molecule has 1 aliphatic heterocycles. The molecule has 0 radical (unpaired) electrons. The normalized spacial score (nSPS) is 19.7. The number of rotatable bonds is 3. The Morgan fingerprint density at radius 3 is 2.85 bits per heavy atom. The topological polar surface area (TPSA) is 41.9 Å². The average Bonchev–Trinajstić information content (AvgIpc) is 3.17. The van der Waals surface area contributed by atoms with Crippen LogP contribution in [-0.4, -0.2) is 16.6 Å². The maximum absolute atomic E-state index is 13.1. The van der Waals surface area contributed by atoms with Crippen LogP contribution in [0.5, 0.6) is 0 Å². The first-order valence-corrected chi connectivity index (χ1v) is 11.4. The molecule has 0 saturated carbocycles. The summed E-state index contributed by atoms with van der Waals surface area (Å²) in [6.45, 7) is 6.10. The predicted molar refractivity (Wildman–Crippen MR) is 115 cm³/mol. The van der Waals surface area contributed by atoms with Crippen LogP contribution >= 0.6 is 50.2 Å². The van der Waals surface area contributed by atoms with Gasteiger partial charge in [0.05, 0.1) is 20.9 Å². The van der Waals surface area contributed by atoms with Gasteiger partial charge in [-0.1, -0.05) is 17.7 Å². The summed E-state index contributed by atoms with van der Waals surface area (Å²) in [7, 11) is 0. The molecule has 2 aromatic rings. The van der Waals surface area contributed by atoms with E-state index in [0.29, 0.717) is 24.5 Å². The van der Waals surface area contributed by atoms with Crippen molar-refractivity contribution in [2.45, 2.75) is 45.8 Å². The molecule has 3 heterocycles. The Bertz CT molecular complexity index is 975. The van der Waals surface area contributed by atoms with E-state index < -0.39 is 5.60 Å². The molecule has 8 heteroatoms. The van der Waals surface area contributed by atoms with Crippen molar-refractivity contribution in [1.29, 1.82) is 0 Å². The van der Waals surface area contributed by atoms with Gasteiger partial charge in [0.2, 0.25) is 0 Å². The van der Waals surface area contributed by atoms with Gasteiger partial charge in [0.15, 0.2) is 0 Å². The number of allylic oxidation sites excluding steroid dienone is 1. The highest BCUT2D eigenvalue weighted by Crippen LogP contribution is 2.24. The van der Waals surface area contributed by atoms with Gasteiger partial charge < -0.3 is 4.74 Å². The molecule has 0 spiro atoms. The van der Waals surface area contributed by atoms with Crippen molar-refractivity contribution in [3.8, 4) is 0 Å². The maximum Gasteiger partial charge on any atom is 0.414 e. The SMILES string of the molecule is CC(C)(C)OC(=O)N(Cc1cccs1)\C1=c2/scc(Br)/c2=N\C(Cl)=C/CC1. The Hall–Kier alpha value is -1.15. The fourth-order valence-electron chi connectivity index (χ4n) is 2.64. The lowest BCUT2D eigenvalue weighted by molar-refractivity contribution is 0.0337. The second-order valence-corrected chi connectivity index (χ2v) is 10.2. The smallest absolute Gasteiger partial charge is 0.414 e. The minimum atomic E-state index is -0.570. The summed E-state index contributed by atoms with van der Waals surface area (Å²) in [4.78, 5) is 20.4. The lowest BCUT2D eigenvalue weighted by Gasteiger charge is -2.29. The summed E-state index contributed by atoms with van der Waals surface area (Å²) < 4.78 is 7.52. The van der Waals surface area contributed by atoms with Crippen molar-refractivity contribution >= 4 is 62.0 Å². The van der Waals surface area contributed by atoms with Crippen LogP contribution in [0, 0.1) is 0 Å². The van der Waals surface area contributed by atoms with Gasteiger partial charge in [-0.25, -0.2) is 9.79 Å². The first-order valence-electron chi connectivity index (χ1n) is 8.48. The van der Waals surface area contributed by atoms with E-state index >= 15 is 0 Å². The Kier molecular flexibility index (Phi) is 6.46. The van der Waals surface area contributed by atoms with E-state index in [-0.39, 0.29) is 6.09 Å². The largest absolute Gasteiger partial charge is 0.443 e. The van der Waals surface area contributed by atoms with Crippen molar-refractivity contribution < 1.29 is 9.53 Å². The number of hydrogen-bond acceptors (Lipinski definition) is 5. The van der Waals surface area contributed by atoms with Crippen LogP contribution in [0.3, 0.4) is 0 Å². The Labute approximate surface area is 179 Å². The molecule has 0 atom stereocenters. The van der Waals surface area contributed by atoms with E-state index in [2.05, 4.69) is 20.9 Å². The third-order valence-electron chi connectivity index (χ3n) is 3.73. The predicted octanol–water partition coefficient (Wildman–Crippen LogP) is 5.61. The van der Waals surface area contributed by atoms with Crippen LogP contribution in [0.1, 0.15) is 38.5 Å². The van der Waals surface area contributed by atoms with E-state index in [1.807, 2.05) is 49.7 Å². The Balaban J connectivity index is 2.14. The molecule has 0 saturated heterocycles. The number of thiophene rings is 2. The van der Waals surface area contributed by atoms with Gasteiger partial charge in [-0.3, -0.25) is 4.90 Å². The van der Waals surface area contributed by atoms with Crippen LogP contribution in [0.2, 0.25) is 0 Å². The van der Waals surface area contributed by atoms with E-state index in [1.54, 1.807) is 27.6 Å². The molecule has 1 aliphatic rings. The monoisotopic (exact) mass is 486 g/mol. The van der Waals surface area contributed by atoms with Crippen molar-refractivity contribution in [3.63, 3.8) is 0 Å². The quantitative estimate of drug-likeness (QED) is 0.528. The van der Waals surface area contributed by atoms with Gasteiger partial charge in [-0.05, 0) is 67.1 Å². The summed E-state index contributed by atoms with van der Waals surface area (Å²) in [5.74, 6) is 0. The lowest BCUT2D eigenvalue weighted by atomic mass is 10.2. The van der Waals surface area contributed by atoms with Crippen molar-refractivity contribution in [2.24, 2.45) is 4.99 Å². The third kappa shape index (κ3) is 5.22. The minimum absolute atomic E-state index is 0.350. The number of nitrogens with zero attached hydrogens (tertiary/aromatic N) is 2. The van der Waals surface area contributed by atoms with E-state index in [4.69, 9.17) is 16.3 Å². The van der Waals surface area contributed by atoms with E-state index in [0.717, 1.165) is 24.9 Å². The van der Waals surface area contributed by atoms with E-state index in [1.165, 1.54) is 0 Å². The lowest BCUT2D eigenvalue weighted by Crippen LogP contribution is -2.39. The molecule has 144 valence electrons. The highest BCUT2D eigenvalue weighted by atomic mass is 79.9. The highest BCUT2D eigenvalue weighted by molar-refractivity contribution is 9.10. The molecule has 0 N–H and O–H groups in total. The zero-order valence-corrected chi connectivity index (χ0v) is 19.3. The maximum atomic E-state index is 13.1. The van der Waals surface area contributed by atoms with Gasteiger partial charge in [-0.15, -0.1) is 22.7 Å². The second-order valence-electron chi connectivity index (χ2n) is 7.03. The zero-order valence-electron chi connectivity index (χ0n) is 15.3. The first kappa shape index (κ1) is 20.6. The number of fused-ring (bicyclic) bond motifs is 1.